The Hall–Kier alpha value is -2.25. The van der Waals surface area contributed by atoms with Gasteiger partial charge in [-0.3, -0.25) is 10.1 Å². The SMILES string of the molecule is CCCc1nnc(NC(=O)c2cccnc2Sc2ccc(C)c(C)c2)s1. The molecule has 0 aliphatic heterocycles. The minimum atomic E-state index is -0.219. The molecule has 7 heteroatoms. The summed E-state index contributed by atoms with van der Waals surface area (Å²) >= 11 is 2.90. The fourth-order valence-corrected chi connectivity index (χ4v) is 4.13. The second-order valence-electron chi connectivity index (χ2n) is 5.91. The van der Waals surface area contributed by atoms with E-state index in [0.717, 1.165) is 22.7 Å². The Balaban J connectivity index is 1.79. The van der Waals surface area contributed by atoms with Gasteiger partial charge in [0.2, 0.25) is 5.13 Å². The Morgan fingerprint density at radius 2 is 2.04 bits per heavy atom. The molecule has 0 unspecified atom stereocenters. The fraction of sp³-hybridized carbons (Fsp3) is 0.263. The molecule has 0 bridgehead atoms. The van der Waals surface area contributed by atoms with Crippen molar-refractivity contribution in [1.29, 1.82) is 0 Å². The molecule has 0 radical (unpaired) electrons. The standard InChI is InChI=1S/C19H20N4OS2/c1-4-6-16-22-23-19(26-16)21-17(24)15-7-5-10-20-18(15)25-14-9-8-12(2)13(3)11-14/h5,7-11H,4,6H2,1-3H3,(H,21,23,24). The summed E-state index contributed by atoms with van der Waals surface area (Å²) < 4.78 is 0. The van der Waals surface area contributed by atoms with Crippen LogP contribution in [0.4, 0.5) is 5.13 Å². The highest BCUT2D eigenvalue weighted by Crippen LogP contribution is 2.30. The first-order valence-electron chi connectivity index (χ1n) is 8.40. The zero-order chi connectivity index (χ0) is 18.5. The molecule has 1 aromatic carbocycles. The molecule has 3 rings (SSSR count). The van der Waals surface area contributed by atoms with Gasteiger partial charge in [0.1, 0.15) is 10.0 Å². The third kappa shape index (κ3) is 4.47. The van der Waals surface area contributed by atoms with Gasteiger partial charge in [-0.25, -0.2) is 4.98 Å². The van der Waals surface area contributed by atoms with E-state index in [9.17, 15) is 4.79 Å². The number of benzene rings is 1. The third-order valence-corrected chi connectivity index (χ3v) is 5.77. The van der Waals surface area contributed by atoms with Gasteiger partial charge in [0.15, 0.2) is 0 Å². The van der Waals surface area contributed by atoms with Crippen LogP contribution in [0.15, 0.2) is 46.5 Å². The van der Waals surface area contributed by atoms with E-state index in [1.165, 1.54) is 34.2 Å². The number of nitrogens with zero attached hydrogens (tertiary/aromatic N) is 3. The Bertz CT molecular complexity index is 923. The van der Waals surface area contributed by atoms with Crippen molar-refractivity contribution >= 4 is 34.1 Å². The number of hydrogen-bond donors (Lipinski definition) is 1. The predicted molar refractivity (Wildman–Crippen MR) is 106 cm³/mol. The molecule has 3 aromatic rings. The molecule has 2 aromatic heterocycles. The number of amides is 1. The van der Waals surface area contributed by atoms with Crippen molar-refractivity contribution in [1.82, 2.24) is 15.2 Å². The summed E-state index contributed by atoms with van der Waals surface area (Å²) in [6.45, 7) is 6.25. The second-order valence-corrected chi connectivity index (χ2v) is 8.03. The van der Waals surface area contributed by atoms with E-state index in [0.29, 0.717) is 15.7 Å². The van der Waals surface area contributed by atoms with Crippen LogP contribution in [-0.4, -0.2) is 21.1 Å². The van der Waals surface area contributed by atoms with Crippen LogP contribution in [-0.2, 0) is 6.42 Å². The van der Waals surface area contributed by atoms with Gasteiger partial charge in [0.25, 0.3) is 5.91 Å². The molecule has 0 saturated carbocycles. The number of anilines is 1. The van der Waals surface area contributed by atoms with Crippen LogP contribution in [0.25, 0.3) is 0 Å². The van der Waals surface area contributed by atoms with E-state index in [4.69, 9.17) is 0 Å². The summed E-state index contributed by atoms with van der Waals surface area (Å²) in [5.74, 6) is -0.219. The first-order valence-corrected chi connectivity index (χ1v) is 10.0. The summed E-state index contributed by atoms with van der Waals surface area (Å²) in [6.07, 6.45) is 3.57. The Kier molecular flexibility index (Phi) is 6.00. The number of pyridine rings is 1. The van der Waals surface area contributed by atoms with Crippen LogP contribution in [0.1, 0.15) is 39.8 Å². The van der Waals surface area contributed by atoms with E-state index in [2.05, 4.69) is 53.4 Å². The Labute approximate surface area is 161 Å². The molecule has 0 fully saturated rings. The smallest absolute Gasteiger partial charge is 0.260 e. The maximum Gasteiger partial charge on any atom is 0.260 e. The van der Waals surface area contributed by atoms with E-state index in [1.807, 2.05) is 6.07 Å². The zero-order valence-corrected chi connectivity index (χ0v) is 16.6. The Morgan fingerprint density at radius 3 is 2.81 bits per heavy atom. The van der Waals surface area contributed by atoms with Gasteiger partial charge in [0, 0.05) is 17.5 Å². The normalized spacial score (nSPS) is 10.7. The molecule has 2 heterocycles. The number of aromatic nitrogens is 3. The molecule has 0 saturated heterocycles. The van der Waals surface area contributed by atoms with Crippen LogP contribution in [0, 0.1) is 13.8 Å². The maximum absolute atomic E-state index is 12.7. The van der Waals surface area contributed by atoms with Gasteiger partial charge in [-0.2, -0.15) is 0 Å². The molecular weight excluding hydrogens is 364 g/mol. The van der Waals surface area contributed by atoms with E-state index in [-0.39, 0.29) is 5.91 Å². The summed E-state index contributed by atoms with van der Waals surface area (Å²) in [5, 5.41) is 13.1. The lowest BCUT2D eigenvalue weighted by Gasteiger charge is -2.08. The minimum absolute atomic E-state index is 0.219. The maximum atomic E-state index is 12.7. The number of rotatable bonds is 6. The summed E-state index contributed by atoms with van der Waals surface area (Å²) in [6, 6.07) is 9.78. The van der Waals surface area contributed by atoms with E-state index >= 15 is 0 Å². The summed E-state index contributed by atoms with van der Waals surface area (Å²) in [7, 11) is 0. The number of aryl methyl sites for hydroxylation is 3. The highest BCUT2D eigenvalue weighted by molar-refractivity contribution is 7.99. The van der Waals surface area contributed by atoms with Gasteiger partial charge < -0.3 is 0 Å². The molecular formula is C19H20N4OS2. The third-order valence-electron chi connectivity index (χ3n) is 3.86. The highest BCUT2D eigenvalue weighted by atomic mass is 32.2. The highest BCUT2D eigenvalue weighted by Gasteiger charge is 2.16. The predicted octanol–water partition coefficient (Wildman–Crippen LogP) is 4.91. The first-order chi connectivity index (χ1) is 12.6. The van der Waals surface area contributed by atoms with Gasteiger partial charge in [-0.15, -0.1) is 10.2 Å². The van der Waals surface area contributed by atoms with Crippen molar-refractivity contribution in [3.05, 3.63) is 58.2 Å². The van der Waals surface area contributed by atoms with Gasteiger partial charge >= 0.3 is 0 Å². The van der Waals surface area contributed by atoms with Crippen LogP contribution < -0.4 is 5.32 Å². The molecule has 0 aliphatic rings. The van der Waals surface area contributed by atoms with Crippen molar-refractivity contribution in [3.63, 3.8) is 0 Å². The molecule has 26 heavy (non-hydrogen) atoms. The van der Waals surface area contributed by atoms with Crippen LogP contribution in [0.3, 0.4) is 0 Å². The summed E-state index contributed by atoms with van der Waals surface area (Å²) in [5.41, 5.74) is 2.99. The lowest BCUT2D eigenvalue weighted by atomic mass is 10.1. The van der Waals surface area contributed by atoms with Gasteiger partial charge in [0.05, 0.1) is 5.56 Å². The van der Waals surface area contributed by atoms with E-state index < -0.39 is 0 Å². The molecule has 0 atom stereocenters. The van der Waals surface area contributed by atoms with Crippen molar-refractivity contribution in [2.24, 2.45) is 0 Å². The van der Waals surface area contributed by atoms with Gasteiger partial charge in [-0.05, 0) is 55.7 Å². The number of carbonyl (C=O) groups excluding carboxylic acids is 1. The molecule has 1 amide bonds. The Morgan fingerprint density at radius 1 is 1.19 bits per heavy atom. The quantitative estimate of drug-likeness (QED) is 0.654. The molecule has 0 spiro atoms. The van der Waals surface area contributed by atoms with Crippen molar-refractivity contribution in [2.75, 3.05) is 5.32 Å². The molecule has 134 valence electrons. The zero-order valence-electron chi connectivity index (χ0n) is 14.9. The molecule has 1 N–H and O–H groups in total. The van der Waals surface area contributed by atoms with Crippen molar-refractivity contribution < 1.29 is 4.79 Å². The lowest BCUT2D eigenvalue weighted by molar-refractivity contribution is 0.102. The lowest BCUT2D eigenvalue weighted by Crippen LogP contribution is -2.13. The number of hydrogen-bond acceptors (Lipinski definition) is 6. The molecule has 0 aliphatic carbocycles. The van der Waals surface area contributed by atoms with Crippen LogP contribution >= 0.6 is 23.1 Å². The molecule has 5 nitrogen and oxygen atoms in total. The average molecular weight is 385 g/mol. The van der Waals surface area contributed by atoms with E-state index in [1.54, 1.807) is 18.3 Å². The largest absolute Gasteiger partial charge is 0.296 e. The monoisotopic (exact) mass is 384 g/mol. The van der Waals surface area contributed by atoms with Gasteiger partial charge in [-0.1, -0.05) is 36.1 Å². The number of nitrogens with one attached hydrogen (secondary N) is 1. The van der Waals surface area contributed by atoms with Crippen molar-refractivity contribution in [2.45, 2.75) is 43.5 Å². The fourth-order valence-electron chi connectivity index (χ4n) is 2.32. The summed E-state index contributed by atoms with van der Waals surface area (Å²) in [4.78, 5) is 18.1. The average Bonchev–Trinajstić information content (AvgIpc) is 3.06. The minimum Gasteiger partial charge on any atom is -0.296 e. The topological polar surface area (TPSA) is 67.8 Å². The van der Waals surface area contributed by atoms with Crippen LogP contribution in [0.5, 0.6) is 0 Å². The first kappa shape index (κ1) is 18.5. The van der Waals surface area contributed by atoms with Crippen molar-refractivity contribution in [3.8, 4) is 0 Å². The van der Waals surface area contributed by atoms with Crippen LogP contribution in [0.2, 0.25) is 0 Å². The second kappa shape index (κ2) is 8.42. The number of carbonyl (C=O) groups is 1.